The number of imidazole rings is 1. The van der Waals surface area contributed by atoms with Crippen molar-refractivity contribution in [3.8, 4) is 6.07 Å². The van der Waals surface area contributed by atoms with Gasteiger partial charge in [-0.05, 0) is 50.6 Å². The zero-order valence-electron chi connectivity index (χ0n) is 15.6. The number of para-hydroxylation sites is 2. The number of esters is 1. The normalized spacial score (nSPS) is 11.3. The maximum Gasteiger partial charge on any atom is 0.322 e. The minimum absolute atomic E-state index is 0.257. The van der Waals surface area contributed by atoms with E-state index in [0.717, 1.165) is 21.8 Å². The van der Waals surface area contributed by atoms with Crippen LogP contribution < -0.4 is 0 Å². The van der Waals surface area contributed by atoms with Gasteiger partial charge in [0, 0.05) is 0 Å². The third kappa shape index (κ3) is 4.15. The summed E-state index contributed by atoms with van der Waals surface area (Å²) < 4.78 is 6.56. The number of carbonyl (C=O) groups is 1. The van der Waals surface area contributed by atoms with Gasteiger partial charge in [0.1, 0.15) is 4.75 Å². The quantitative estimate of drug-likeness (QED) is 0.469. The van der Waals surface area contributed by atoms with Gasteiger partial charge in [-0.1, -0.05) is 36.0 Å². The average Bonchev–Trinajstić information content (AvgIpc) is 2.99. The lowest BCUT2D eigenvalue weighted by Crippen LogP contribution is -2.30. The maximum atomic E-state index is 12.3. The van der Waals surface area contributed by atoms with E-state index in [0.29, 0.717) is 18.7 Å². The van der Waals surface area contributed by atoms with E-state index in [9.17, 15) is 4.79 Å². The zero-order valence-corrected chi connectivity index (χ0v) is 16.4. The monoisotopic (exact) mass is 379 g/mol. The number of thioether (sulfide) groups is 1. The second-order valence-electron chi connectivity index (χ2n) is 6.61. The van der Waals surface area contributed by atoms with Gasteiger partial charge in [0.05, 0.1) is 35.8 Å². The molecule has 1 heterocycles. The van der Waals surface area contributed by atoms with Crippen LogP contribution in [0.15, 0.2) is 53.7 Å². The summed E-state index contributed by atoms with van der Waals surface area (Å²) >= 11 is 1.40. The molecule has 3 rings (SSSR count). The van der Waals surface area contributed by atoms with Crippen LogP contribution in [0.4, 0.5) is 0 Å². The molecule has 0 aliphatic heterocycles. The Bertz CT molecular complexity index is 1000. The fraction of sp³-hybridized carbons (Fsp3) is 0.286. The van der Waals surface area contributed by atoms with Crippen molar-refractivity contribution in [2.75, 3.05) is 6.61 Å². The molecule has 0 saturated heterocycles. The summed E-state index contributed by atoms with van der Waals surface area (Å²) in [7, 11) is 0. The highest BCUT2D eigenvalue weighted by atomic mass is 32.2. The van der Waals surface area contributed by atoms with E-state index in [-0.39, 0.29) is 5.97 Å². The number of nitrogens with zero attached hydrogens (tertiary/aromatic N) is 3. The molecule has 0 radical (unpaired) electrons. The van der Waals surface area contributed by atoms with Crippen LogP contribution in [0.25, 0.3) is 11.0 Å². The first-order valence-corrected chi connectivity index (χ1v) is 9.57. The molecule has 138 valence electrons. The predicted molar refractivity (Wildman–Crippen MR) is 107 cm³/mol. The molecular weight excluding hydrogens is 358 g/mol. The first-order valence-electron chi connectivity index (χ1n) is 8.75. The van der Waals surface area contributed by atoms with Crippen LogP contribution >= 0.6 is 11.8 Å². The van der Waals surface area contributed by atoms with Crippen molar-refractivity contribution in [2.24, 2.45) is 0 Å². The van der Waals surface area contributed by atoms with Crippen LogP contribution in [0.3, 0.4) is 0 Å². The molecule has 0 unspecified atom stereocenters. The predicted octanol–water partition coefficient (Wildman–Crippen LogP) is 4.39. The van der Waals surface area contributed by atoms with Gasteiger partial charge in [0.2, 0.25) is 0 Å². The Morgan fingerprint density at radius 3 is 2.59 bits per heavy atom. The van der Waals surface area contributed by atoms with Crippen LogP contribution in [0.1, 0.15) is 31.9 Å². The van der Waals surface area contributed by atoms with Gasteiger partial charge in [0.15, 0.2) is 5.16 Å². The fourth-order valence-electron chi connectivity index (χ4n) is 2.73. The van der Waals surface area contributed by atoms with Crippen molar-refractivity contribution in [1.29, 1.82) is 5.26 Å². The SMILES string of the molecule is CCOC(=O)C(C)(C)Sc1nc2ccccc2n1Cc1ccc(C#N)cc1. The molecule has 0 N–H and O–H groups in total. The number of fused-ring (bicyclic) bond motifs is 1. The summed E-state index contributed by atoms with van der Waals surface area (Å²) in [5, 5.41) is 9.74. The number of hydrogen-bond acceptors (Lipinski definition) is 5. The van der Waals surface area contributed by atoms with Crippen LogP contribution in [0, 0.1) is 11.3 Å². The molecule has 6 heteroatoms. The molecule has 0 spiro atoms. The topological polar surface area (TPSA) is 67.9 Å². The van der Waals surface area contributed by atoms with Gasteiger partial charge in [-0.3, -0.25) is 4.79 Å². The van der Waals surface area contributed by atoms with E-state index < -0.39 is 4.75 Å². The van der Waals surface area contributed by atoms with Crippen LogP contribution in [-0.4, -0.2) is 26.9 Å². The van der Waals surface area contributed by atoms with Crippen molar-refractivity contribution in [3.05, 3.63) is 59.7 Å². The van der Waals surface area contributed by atoms with E-state index >= 15 is 0 Å². The summed E-state index contributed by atoms with van der Waals surface area (Å²) in [6.45, 7) is 6.46. The highest BCUT2D eigenvalue weighted by Crippen LogP contribution is 2.35. The lowest BCUT2D eigenvalue weighted by molar-refractivity contribution is -0.145. The van der Waals surface area contributed by atoms with Crippen LogP contribution in [-0.2, 0) is 16.1 Å². The van der Waals surface area contributed by atoms with E-state index in [1.165, 1.54) is 11.8 Å². The maximum absolute atomic E-state index is 12.3. The highest BCUT2D eigenvalue weighted by molar-refractivity contribution is 8.01. The van der Waals surface area contributed by atoms with Crippen molar-refractivity contribution < 1.29 is 9.53 Å². The Balaban J connectivity index is 1.98. The first-order chi connectivity index (χ1) is 12.9. The zero-order chi connectivity index (χ0) is 19.4. The molecule has 0 aliphatic carbocycles. The van der Waals surface area contributed by atoms with Gasteiger partial charge in [-0.25, -0.2) is 4.98 Å². The number of aromatic nitrogens is 2. The van der Waals surface area contributed by atoms with Crippen molar-refractivity contribution in [3.63, 3.8) is 0 Å². The summed E-state index contributed by atoms with van der Waals surface area (Å²) in [4.78, 5) is 17.0. The number of ether oxygens (including phenoxy) is 1. The molecule has 3 aromatic rings. The molecule has 27 heavy (non-hydrogen) atoms. The third-order valence-electron chi connectivity index (χ3n) is 4.16. The second kappa shape index (κ2) is 7.85. The fourth-order valence-corrected chi connectivity index (χ4v) is 3.74. The van der Waals surface area contributed by atoms with E-state index in [4.69, 9.17) is 15.0 Å². The van der Waals surface area contributed by atoms with E-state index in [2.05, 4.69) is 10.6 Å². The molecule has 2 aromatic carbocycles. The van der Waals surface area contributed by atoms with Crippen LogP contribution in [0.5, 0.6) is 0 Å². The Morgan fingerprint density at radius 1 is 1.22 bits per heavy atom. The number of hydrogen-bond donors (Lipinski definition) is 0. The molecular formula is C21H21N3O2S. The first kappa shape index (κ1) is 19.0. The molecule has 1 aromatic heterocycles. The lowest BCUT2D eigenvalue weighted by atomic mass is 10.1. The number of benzene rings is 2. The molecule has 0 fully saturated rings. The van der Waals surface area contributed by atoms with Crippen molar-refractivity contribution in [2.45, 2.75) is 37.2 Å². The van der Waals surface area contributed by atoms with Gasteiger partial charge in [-0.15, -0.1) is 0 Å². The molecule has 0 bridgehead atoms. The van der Waals surface area contributed by atoms with Gasteiger partial charge in [-0.2, -0.15) is 5.26 Å². The summed E-state index contributed by atoms with van der Waals surface area (Å²) in [5.41, 5.74) is 3.58. The van der Waals surface area contributed by atoms with Gasteiger partial charge < -0.3 is 9.30 Å². The molecule has 5 nitrogen and oxygen atoms in total. The van der Waals surface area contributed by atoms with Crippen LogP contribution in [0.2, 0.25) is 0 Å². The summed E-state index contributed by atoms with van der Waals surface area (Å²) in [5.74, 6) is -0.257. The minimum Gasteiger partial charge on any atom is -0.465 e. The lowest BCUT2D eigenvalue weighted by Gasteiger charge is -2.21. The summed E-state index contributed by atoms with van der Waals surface area (Å²) in [6.07, 6.45) is 0. The van der Waals surface area contributed by atoms with Crippen molar-refractivity contribution in [1.82, 2.24) is 9.55 Å². The molecule has 0 aliphatic rings. The Morgan fingerprint density at radius 2 is 1.93 bits per heavy atom. The largest absolute Gasteiger partial charge is 0.465 e. The highest BCUT2D eigenvalue weighted by Gasteiger charge is 2.33. The number of carbonyl (C=O) groups excluding carboxylic acids is 1. The average molecular weight is 379 g/mol. The number of nitriles is 1. The van der Waals surface area contributed by atoms with Gasteiger partial charge in [0.25, 0.3) is 0 Å². The Labute approximate surface area is 163 Å². The van der Waals surface area contributed by atoms with Gasteiger partial charge >= 0.3 is 5.97 Å². The Kier molecular flexibility index (Phi) is 5.52. The summed E-state index contributed by atoms with van der Waals surface area (Å²) in [6, 6.07) is 17.6. The Hall–Kier alpha value is -2.78. The minimum atomic E-state index is -0.750. The smallest absolute Gasteiger partial charge is 0.322 e. The molecule has 0 atom stereocenters. The number of rotatable bonds is 6. The molecule has 0 amide bonds. The third-order valence-corrected chi connectivity index (χ3v) is 5.33. The molecule has 0 saturated carbocycles. The standard InChI is InChI=1S/C21H21N3O2S/c1-4-26-19(25)21(2,3)27-20-23-17-7-5-6-8-18(17)24(20)14-16-11-9-15(13-22)10-12-16/h5-12H,4,14H2,1-3H3. The van der Waals surface area contributed by atoms with E-state index in [1.807, 2.05) is 62.4 Å². The van der Waals surface area contributed by atoms with E-state index in [1.54, 1.807) is 6.92 Å². The van der Waals surface area contributed by atoms with Crippen molar-refractivity contribution >= 4 is 28.8 Å². The second-order valence-corrected chi connectivity index (χ2v) is 8.20.